The number of carbonyl (C=O) groups is 2. The van der Waals surface area contributed by atoms with Crippen LogP contribution in [0.15, 0.2) is 53.3 Å². The Hall–Kier alpha value is -3.85. The predicted octanol–water partition coefficient (Wildman–Crippen LogP) is 2.87. The van der Waals surface area contributed by atoms with Crippen LogP contribution in [-0.2, 0) is 11.3 Å². The highest BCUT2D eigenvalue weighted by Gasteiger charge is 2.18. The number of nitrogens with two attached hydrogens (primary N) is 1. The van der Waals surface area contributed by atoms with Crippen molar-refractivity contribution in [1.82, 2.24) is 14.8 Å². The lowest BCUT2D eigenvalue weighted by molar-refractivity contribution is -0.117. The third kappa shape index (κ3) is 4.22. The topological polar surface area (TPSA) is 120 Å². The highest BCUT2D eigenvalue weighted by molar-refractivity contribution is 7.19. The summed E-state index contributed by atoms with van der Waals surface area (Å²) in [6, 6.07) is 14.0. The molecule has 0 aliphatic carbocycles. The summed E-state index contributed by atoms with van der Waals surface area (Å²) in [5.74, 6) is -0.980. The van der Waals surface area contributed by atoms with Crippen LogP contribution < -0.4 is 16.6 Å². The number of hydrogen-bond donors (Lipinski definition) is 2. The molecule has 2 aromatic carbocycles. The molecule has 0 atom stereocenters. The number of benzene rings is 2. The lowest BCUT2D eigenvalue weighted by atomic mass is 10.1. The van der Waals surface area contributed by atoms with Crippen molar-refractivity contribution in [2.24, 2.45) is 5.73 Å². The summed E-state index contributed by atoms with van der Waals surface area (Å²) in [7, 11) is 0. The van der Waals surface area contributed by atoms with Crippen molar-refractivity contribution in [2.75, 3.05) is 5.32 Å². The van der Waals surface area contributed by atoms with Crippen molar-refractivity contribution in [2.45, 2.75) is 20.4 Å². The molecule has 8 nitrogen and oxygen atoms in total. The second-order valence-electron chi connectivity index (χ2n) is 7.08. The number of carbonyl (C=O) groups excluding carboxylic acids is 2. The monoisotopic (exact) mass is 433 g/mol. The molecule has 4 aromatic rings. The molecule has 2 heterocycles. The van der Waals surface area contributed by atoms with Gasteiger partial charge in [-0.1, -0.05) is 29.8 Å². The summed E-state index contributed by atoms with van der Waals surface area (Å²) in [5, 5.41) is 7.93. The van der Waals surface area contributed by atoms with Gasteiger partial charge in [0.2, 0.25) is 11.8 Å². The molecule has 0 bridgehead atoms. The predicted molar refractivity (Wildman–Crippen MR) is 120 cm³/mol. The van der Waals surface area contributed by atoms with Crippen molar-refractivity contribution < 1.29 is 9.59 Å². The van der Waals surface area contributed by atoms with Crippen LogP contribution in [0.4, 0.5) is 5.69 Å². The van der Waals surface area contributed by atoms with Crippen LogP contribution in [0.1, 0.15) is 20.9 Å². The number of anilines is 1. The number of fused-ring (bicyclic) bond motifs is 1. The van der Waals surface area contributed by atoms with E-state index in [1.807, 2.05) is 38.1 Å². The first kappa shape index (κ1) is 20.4. The third-order valence-corrected chi connectivity index (χ3v) is 5.66. The Kier molecular flexibility index (Phi) is 5.35. The van der Waals surface area contributed by atoms with Crippen molar-refractivity contribution in [3.05, 3.63) is 75.0 Å². The highest BCUT2D eigenvalue weighted by atomic mass is 32.1. The summed E-state index contributed by atoms with van der Waals surface area (Å²) in [4.78, 5) is 41.0. The maximum absolute atomic E-state index is 12.9. The minimum Gasteiger partial charge on any atom is -0.366 e. The molecule has 0 aliphatic rings. The van der Waals surface area contributed by atoms with Crippen LogP contribution in [0.5, 0.6) is 0 Å². The second kappa shape index (κ2) is 8.11. The first-order valence-electron chi connectivity index (χ1n) is 9.47. The van der Waals surface area contributed by atoms with E-state index in [9.17, 15) is 14.4 Å². The van der Waals surface area contributed by atoms with Gasteiger partial charge in [0.15, 0.2) is 5.52 Å². The molecule has 4 rings (SSSR count). The fraction of sp³-hybridized carbons (Fsp3) is 0.136. The van der Waals surface area contributed by atoms with Crippen molar-refractivity contribution >= 4 is 39.1 Å². The van der Waals surface area contributed by atoms with Gasteiger partial charge in [0, 0.05) is 16.8 Å². The number of aryl methyl sites for hydroxylation is 2. The van der Waals surface area contributed by atoms with Gasteiger partial charge >= 0.3 is 0 Å². The zero-order valence-corrected chi connectivity index (χ0v) is 17.7. The van der Waals surface area contributed by atoms with Crippen molar-refractivity contribution in [1.29, 1.82) is 0 Å². The minimum absolute atomic E-state index is 0.276. The molecular weight excluding hydrogens is 414 g/mol. The van der Waals surface area contributed by atoms with Crippen LogP contribution in [0.3, 0.4) is 0 Å². The smallest absolute Gasteiger partial charge is 0.294 e. The molecule has 3 N–H and O–H groups in total. The number of thiazole rings is 1. The molecule has 156 valence electrons. The lowest BCUT2D eigenvalue weighted by Crippen LogP contribution is -2.30. The van der Waals surface area contributed by atoms with E-state index in [-0.39, 0.29) is 6.54 Å². The summed E-state index contributed by atoms with van der Waals surface area (Å²) < 4.78 is 1.83. The van der Waals surface area contributed by atoms with Crippen LogP contribution in [-0.4, -0.2) is 26.6 Å². The summed E-state index contributed by atoms with van der Waals surface area (Å²) >= 11 is 1.40. The molecular formula is C22H19N5O3S. The van der Waals surface area contributed by atoms with Gasteiger partial charge in [0.1, 0.15) is 12.2 Å². The Morgan fingerprint density at radius 2 is 1.74 bits per heavy atom. The lowest BCUT2D eigenvalue weighted by Gasteiger charge is -2.10. The van der Waals surface area contributed by atoms with Gasteiger partial charge in [-0.2, -0.15) is 5.10 Å². The summed E-state index contributed by atoms with van der Waals surface area (Å²) in [6.45, 7) is 3.54. The van der Waals surface area contributed by atoms with Crippen molar-refractivity contribution in [3.8, 4) is 11.3 Å². The van der Waals surface area contributed by atoms with E-state index in [1.54, 1.807) is 12.1 Å². The second-order valence-corrected chi connectivity index (χ2v) is 8.28. The molecule has 0 aliphatic heterocycles. The summed E-state index contributed by atoms with van der Waals surface area (Å²) in [5.41, 5.74) is 8.47. The Bertz CT molecular complexity index is 1360. The fourth-order valence-electron chi connectivity index (χ4n) is 3.13. The molecule has 0 saturated carbocycles. The van der Waals surface area contributed by atoms with Gasteiger partial charge in [0.05, 0.1) is 9.71 Å². The molecule has 0 radical (unpaired) electrons. The van der Waals surface area contributed by atoms with Gasteiger partial charge in [0.25, 0.3) is 5.56 Å². The number of nitrogens with one attached hydrogen (secondary N) is 1. The van der Waals surface area contributed by atoms with Crippen LogP contribution in [0, 0.1) is 13.8 Å². The van der Waals surface area contributed by atoms with E-state index in [4.69, 9.17) is 5.73 Å². The molecule has 9 heteroatoms. The SMILES string of the molecule is Cc1ccc(-c2nn(CC(=O)Nc3ccc(C(N)=O)cc3)c(=O)c3nc(C)sc23)cc1. The van der Waals surface area contributed by atoms with Crippen molar-refractivity contribution in [3.63, 3.8) is 0 Å². The Balaban J connectivity index is 1.67. The average molecular weight is 433 g/mol. The zero-order chi connectivity index (χ0) is 22.1. The normalized spacial score (nSPS) is 10.9. The van der Waals surface area contributed by atoms with Gasteiger partial charge in [-0.15, -0.1) is 11.3 Å². The molecule has 0 unspecified atom stereocenters. The van der Waals surface area contributed by atoms with Crippen LogP contribution in [0.25, 0.3) is 21.5 Å². The molecule has 2 aromatic heterocycles. The van der Waals surface area contributed by atoms with Gasteiger partial charge in [-0.3, -0.25) is 14.4 Å². The molecule has 0 saturated heterocycles. The van der Waals surface area contributed by atoms with E-state index in [0.29, 0.717) is 27.2 Å². The third-order valence-electron chi connectivity index (χ3n) is 4.68. The van der Waals surface area contributed by atoms with E-state index >= 15 is 0 Å². The highest BCUT2D eigenvalue weighted by Crippen LogP contribution is 2.29. The number of rotatable bonds is 5. The largest absolute Gasteiger partial charge is 0.366 e. The van der Waals surface area contributed by atoms with Gasteiger partial charge in [-0.25, -0.2) is 9.67 Å². The Morgan fingerprint density at radius 3 is 2.39 bits per heavy atom. The number of aromatic nitrogens is 3. The maximum Gasteiger partial charge on any atom is 0.294 e. The zero-order valence-electron chi connectivity index (χ0n) is 16.9. The van der Waals surface area contributed by atoms with Gasteiger partial charge < -0.3 is 11.1 Å². The molecule has 0 spiro atoms. The number of amides is 2. The van der Waals surface area contributed by atoms with E-state index in [1.165, 1.54) is 23.5 Å². The number of primary amides is 1. The minimum atomic E-state index is -0.552. The Labute approximate surface area is 181 Å². The average Bonchev–Trinajstić information content (AvgIpc) is 3.13. The van der Waals surface area contributed by atoms with E-state index < -0.39 is 17.4 Å². The molecule has 31 heavy (non-hydrogen) atoms. The van der Waals surface area contributed by atoms with E-state index in [0.717, 1.165) is 20.8 Å². The first-order chi connectivity index (χ1) is 14.8. The number of nitrogens with zero attached hydrogens (tertiary/aromatic N) is 3. The van der Waals surface area contributed by atoms with Crippen LogP contribution >= 0.6 is 11.3 Å². The molecule has 2 amide bonds. The van der Waals surface area contributed by atoms with E-state index in [2.05, 4.69) is 15.4 Å². The fourth-order valence-corrected chi connectivity index (χ4v) is 4.05. The maximum atomic E-state index is 12.9. The molecule has 0 fully saturated rings. The quantitative estimate of drug-likeness (QED) is 0.501. The number of hydrogen-bond acceptors (Lipinski definition) is 6. The standard InChI is InChI=1S/C22H19N5O3S/c1-12-3-5-14(6-4-12)18-20-19(24-13(2)31-20)22(30)27(26-18)11-17(28)25-16-9-7-15(8-10-16)21(23)29/h3-10H,11H2,1-2H3,(H2,23,29)(H,25,28). The Morgan fingerprint density at radius 1 is 1.06 bits per heavy atom. The van der Waals surface area contributed by atoms with Crippen LogP contribution in [0.2, 0.25) is 0 Å². The summed E-state index contributed by atoms with van der Waals surface area (Å²) in [6.07, 6.45) is 0. The first-order valence-corrected chi connectivity index (χ1v) is 10.3. The van der Waals surface area contributed by atoms with Gasteiger partial charge in [-0.05, 0) is 38.1 Å².